The first-order chi connectivity index (χ1) is 7.87. The number of hydrogen-bond donors (Lipinski definition) is 1. The number of carbonyl (C=O) groups is 1. The summed E-state index contributed by atoms with van der Waals surface area (Å²) in [4.78, 5) is 10.3. The monoisotopic (exact) mass is 258 g/mol. The van der Waals surface area contributed by atoms with Crippen LogP contribution in [-0.2, 0) is 21.3 Å². The Balaban J connectivity index is 2.53. The molecule has 1 aromatic rings. The largest absolute Gasteiger partial charge is 0.481 e. The fraction of sp³-hybridized carbons (Fsp3) is 0.364. The molecule has 0 aromatic heterocycles. The van der Waals surface area contributed by atoms with Gasteiger partial charge in [0, 0.05) is 6.42 Å². The van der Waals surface area contributed by atoms with E-state index in [9.17, 15) is 13.2 Å². The minimum atomic E-state index is -3.50. The number of aryl methyl sites for hydroxylation is 1. The van der Waals surface area contributed by atoms with Gasteiger partial charge < -0.3 is 9.29 Å². The van der Waals surface area contributed by atoms with Crippen molar-refractivity contribution in [2.75, 3.05) is 6.26 Å². The molecule has 5 nitrogen and oxygen atoms in total. The van der Waals surface area contributed by atoms with Gasteiger partial charge in [-0.25, -0.2) is 0 Å². The third-order valence-electron chi connectivity index (χ3n) is 2.03. The van der Waals surface area contributed by atoms with Gasteiger partial charge in [0.2, 0.25) is 0 Å². The molecule has 0 unspecified atom stereocenters. The maximum absolute atomic E-state index is 10.8. The zero-order chi connectivity index (χ0) is 12.9. The summed E-state index contributed by atoms with van der Waals surface area (Å²) in [5.74, 6) is -0.559. The zero-order valence-electron chi connectivity index (χ0n) is 9.42. The lowest BCUT2D eigenvalue weighted by molar-refractivity contribution is -0.137. The van der Waals surface area contributed by atoms with E-state index in [0.717, 1.165) is 11.8 Å². The third kappa shape index (κ3) is 5.91. The molecule has 1 rings (SSSR count). The summed E-state index contributed by atoms with van der Waals surface area (Å²) in [6.07, 6.45) is 2.31. The van der Waals surface area contributed by atoms with Crippen LogP contribution >= 0.6 is 0 Å². The van der Waals surface area contributed by atoms with Crippen molar-refractivity contribution < 1.29 is 22.5 Å². The molecule has 0 heterocycles. The van der Waals surface area contributed by atoms with Gasteiger partial charge in [-0.3, -0.25) is 4.79 Å². The molecule has 0 saturated carbocycles. The molecule has 0 spiro atoms. The molecule has 1 N–H and O–H groups in total. The van der Waals surface area contributed by atoms with E-state index in [-0.39, 0.29) is 12.2 Å². The highest BCUT2D eigenvalue weighted by Gasteiger charge is 2.04. The fourth-order valence-electron chi connectivity index (χ4n) is 1.33. The summed E-state index contributed by atoms with van der Waals surface area (Å²) in [6, 6.07) is 6.55. The van der Waals surface area contributed by atoms with E-state index in [1.807, 2.05) is 0 Å². The normalized spacial score (nSPS) is 11.1. The predicted octanol–water partition coefficient (Wildman–Crippen LogP) is 1.43. The lowest BCUT2D eigenvalue weighted by Crippen LogP contribution is -2.05. The second-order valence-corrected chi connectivity index (χ2v) is 5.25. The first-order valence-corrected chi connectivity index (χ1v) is 6.89. The Kier molecular flexibility index (Phi) is 4.51. The Morgan fingerprint density at radius 3 is 2.35 bits per heavy atom. The van der Waals surface area contributed by atoms with Crippen molar-refractivity contribution in [2.45, 2.75) is 19.3 Å². The average Bonchev–Trinajstić information content (AvgIpc) is 2.18. The molecule has 0 fully saturated rings. The fourth-order valence-corrected chi connectivity index (χ4v) is 1.79. The van der Waals surface area contributed by atoms with Crippen LogP contribution in [0.25, 0.3) is 0 Å². The van der Waals surface area contributed by atoms with Crippen LogP contribution in [-0.4, -0.2) is 25.7 Å². The van der Waals surface area contributed by atoms with Crippen LogP contribution in [0.15, 0.2) is 24.3 Å². The van der Waals surface area contributed by atoms with Gasteiger partial charge in [0.25, 0.3) is 0 Å². The number of carboxylic acids is 1. The van der Waals surface area contributed by atoms with E-state index >= 15 is 0 Å². The summed E-state index contributed by atoms with van der Waals surface area (Å²) in [7, 11) is -3.50. The Hall–Kier alpha value is -1.56. The SMILES string of the molecule is CS(=O)(=O)Oc1ccc(CCCC(=O)O)cc1. The van der Waals surface area contributed by atoms with Crippen LogP contribution in [0.5, 0.6) is 5.75 Å². The van der Waals surface area contributed by atoms with Gasteiger partial charge in [0.05, 0.1) is 6.26 Å². The van der Waals surface area contributed by atoms with Crippen LogP contribution in [0.2, 0.25) is 0 Å². The molecule has 94 valence electrons. The van der Waals surface area contributed by atoms with E-state index < -0.39 is 16.1 Å². The maximum Gasteiger partial charge on any atom is 0.306 e. The number of benzene rings is 1. The van der Waals surface area contributed by atoms with E-state index in [2.05, 4.69) is 4.18 Å². The number of hydrogen-bond acceptors (Lipinski definition) is 4. The summed E-state index contributed by atoms with van der Waals surface area (Å²) < 4.78 is 26.4. The highest BCUT2D eigenvalue weighted by Crippen LogP contribution is 2.15. The van der Waals surface area contributed by atoms with Crippen molar-refractivity contribution in [1.82, 2.24) is 0 Å². The molecule has 0 amide bonds. The lowest BCUT2D eigenvalue weighted by atomic mass is 10.1. The molecule has 0 aliphatic rings. The van der Waals surface area contributed by atoms with Crippen LogP contribution in [0.3, 0.4) is 0 Å². The van der Waals surface area contributed by atoms with Gasteiger partial charge in [-0.05, 0) is 30.5 Å². The third-order valence-corrected chi connectivity index (χ3v) is 2.52. The summed E-state index contributed by atoms with van der Waals surface area (Å²) in [5.41, 5.74) is 0.951. The standard InChI is InChI=1S/C11H14O5S/c1-17(14,15)16-10-7-5-9(6-8-10)3-2-4-11(12)13/h5-8H,2-4H2,1H3,(H,12,13). The van der Waals surface area contributed by atoms with E-state index in [4.69, 9.17) is 5.11 Å². The van der Waals surface area contributed by atoms with Crippen molar-refractivity contribution in [2.24, 2.45) is 0 Å². The molecule has 6 heteroatoms. The van der Waals surface area contributed by atoms with Crippen LogP contribution in [0, 0.1) is 0 Å². The molecule has 0 radical (unpaired) electrons. The second kappa shape index (κ2) is 5.67. The Labute approximate surface area is 100 Å². The molecule has 0 aliphatic heterocycles. The summed E-state index contributed by atoms with van der Waals surface area (Å²) in [5, 5.41) is 8.48. The first-order valence-electron chi connectivity index (χ1n) is 5.07. The van der Waals surface area contributed by atoms with Gasteiger partial charge in [-0.15, -0.1) is 0 Å². The molecule has 0 aliphatic carbocycles. The van der Waals surface area contributed by atoms with Crippen molar-refractivity contribution in [3.63, 3.8) is 0 Å². The zero-order valence-corrected chi connectivity index (χ0v) is 10.2. The van der Waals surface area contributed by atoms with Gasteiger partial charge in [0.1, 0.15) is 5.75 Å². The average molecular weight is 258 g/mol. The molecular formula is C11H14O5S. The second-order valence-electron chi connectivity index (χ2n) is 3.68. The summed E-state index contributed by atoms with van der Waals surface area (Å²) in [6.45, 7) is 0. The van der Waals surface area contributed by atoms with E-state index in [1.165, 1.54) is 0 Å². The van der Waals surface area contributed by atoms with Crippen molar-refractivity contribution >= 4 is 16.1 Å². The van der Waals surface area contributed by atoms with Crippen molar-refractivity contribution in [1.29, 1.82) is 0 Å². The van der Waals surface area contributed by atoms with E-state index in [0.29, 0.717) is 12.8 Å². The Morgan fingerprint density at radius 1 is 1.29 bits per heavy atom. The molecule has 17 heavy (non-hydrogen) atoms. The Morgan fingerprint density at radius 2 is 1.88 bits per heavy atom. The first kappa shape index (κ1) is 13.5. The quantitative estimate of drug-likeness (QED) is 0.781. The van der Waals surface area contributed by atoms with Crippen molar-refractivity contribution in [3.8, 4) is 5.75 Å². The predicted molar refractivity (Wildman–Crippen MR) is 62.5 cm³/mol. The van der Waals surface area contributed by atoms with Crippen LogP contribution < -0.4 is 4.18 Å². The Bertz CT molecular complexity index is 475. The number of rotatable bonds is 6. The van der Waals surface area contributed by atoms with Gasteiger partial charge in [0.15, 0.2) is 0 Å². The van der Waals surface area contributed by atoms with Gasteiger partial charge in [-0.1, -0.05) is 12.1 Å². The van der Waals surface area contributed by atoms with Crippen molar-refractivity contribution in [3.05, 3.63) is 29.8 Å². The molecular weight excluding hydrogens is 244 g/mol. The number of carboxylic acid groups (broad SMARTS) is 1. The van der Waals surface area contributed by atoms with Gasteiger partial charge >= 0.3 is 16.1 Å². The topological polar surface area (TPSA) is 80.7 Å². The minimum Gasteiger partial charge on any atom is -0.481 e. The smallest absolute Gasteiger partial charge is 0.306 e. The minimum absolute atomic E-state index is 0.127. The highest BCUT2D eigenvalue weighted by molar-refractivity contribution is 7.86. The molecule has 0 atom stereocenters. The maximum atomic E-state index is 10.8. The van der Waals surface area contributed by atoms with Crippen LogP contribution in [0.4, 0.5) is 0 Å². The van der Waals surface area contributed by atoms with Gasteiger partial charge in [-0.2, -0.15) is 8.42 Å². The molecule has 0 bridgehead atoms. The van der Waals surface area contributed by atoms with E-state index in [1.54, 1.807) is 24.3 Å². The highest BCUT2D eigenvalue weighted by atomic mass is 32.2. The number of aliphatic carboxylic acids is 1. The molecule has 1 aromatic carbocycles. The molecule has 0 saturated heterocycles. The lowest BCUT2D eigenvalue weighted by Gasteiger charge is -2.04. The summed E-state index contributed by atoms with van der Waals surface area (Å²) >= 11 is 0. The van der Waals surface area contributed by atoms with Crippen LogP contribution in [0.1, 0.15) is 18.4 Å².